The number of rotatable bonds is 5. The van der Waals surface area contributed by atoms with Crippen LogP contribution in [0.2, 0.25) is 0 Å². The third-order valence-electron chi connectivity index (χ3n) is 2.38. The minimum atomic E-state index is -4.45. The summed E-state index contributed by atoms with van der Waals surface area (Å²) in [5, 5.41) is 2.98. The Hall–Kier alpha value is -1.11. The Kier molecular flexibility index (Phi) is 5.13. The highest BCUT2D eigenvalue weighted by molar-refractivity contribution is 7.98. The van der Waals surface area contributed by atoms with Crippen LogP contribution in [0.1, 0.15) is 19.0 Å². The number of aromatic nitrogens is 1. The van der Waals surface area contributed by atoms with Gasteiger partial charge in [0.15, 0.2) is 0 Å². The topological polar surface area (TPSA) is 50.9 Å². The van der Waals surface area contributed by atoms with Gasteiger partial charge in [-0.05, 0) is 31.4 Å². The number of alkyl halides is 3. The van der Waals surface area contributed by atoms with Crippen molar-refractivity contribution in [3.8, 4) is 0 Å². The van der Waals surface area contributed by atoms with Crippen molar-refractivity contribution in [2.75, 3.05) is 23.1 Å². The van der Waals surface area contributed by atoms with Crippen LogP contribution in [-0.2, 0) is 6.18 Å². The van der Waals surface area contributed by atoms with E-state index in [2.05, 4.69) is 10.3 Å². The molecule has 0 aliphatic carbocycles. The number of pyridine rings is 1. The highest BCUT2D eigenvalue weighted by Crippen LogP contribution is 2.31. The second-order valence-electron chi connectivity index (χ2n) is 3.98. The average molecular weight is 279 g/mol. The molecule has 1 atom stereocenters. The Morgan fingerprint density at radius 2 is 2.17 bits per heavy atom. The number of nitrogens with one attached hydrogen (secondary N) is 1. The van der Waals surface area contributed by atoms with Gasteiger partial charge < -0.3 is 11.1 Å². The molecule has 0 aromatic carbocycles. The van der Waals surface area contributed by atoms with E-state index in [-0.39, 0.29) is 17.4 Å². The molecule has 0 radical (unpaired) electrons. The molecule has 0 fully saturated rings. The standard InChI is InChI=1S/C11H16F3N3S/c1-7(3-4-18-2)17-9-5-10(11(12,13)14)16-6-8(9)15/h5-7H,3-4,15H2,1-2H3,(H,16,17). The second kappa shape index (κ2) is 6.17. The lowest BCUT2D eigenvalue weighted by molar-refractivity contribution is -0.141. The molecule has 0 spiro atoms. The molecule has 1 heterocycles. The Labute approximate surface area is 108 Å². The molecule has 3 nitrogen and oxygen atoms in total. The lowest BCUT2D eigenvalue weighted by atomic mass is 10.2. The summed E-state index contributed by atoms with van der Waals surface area (Å²) < 4.78 is 37.5. The van der Waals surface area contributed by atoms with Gasteiger partial charge in [-0.15, -0.1) is 0 Å². The summed E-state index contributed by atoms with van der Waals surface area (Å²) in [6, 6.07) is 1.01. The largest absolute Gasteiger partial charge is 0.433 e. The van der Waals surface area contributed by atoms with Gasteiger partial charge in [0, 0.05) is 6.04 Å². The zero-order valence-electron chi connectivity index (χ0n) is 10.2. The number of anilines is 2. The molecule has 1 rings (SSSR count). The Bertz CT molecular complexity index is 396. The number of hydrogen-bond donors (Lipinski definition) is 2. The lowest BCUT2D eigenvalue weighted by Gasteiger charge is -2.17. The summed E-state index contributed by atoms with van der Waals surface area (Å²) in [7, 11) is 0. The number of halogens is 3. The van der Waals surface area contributed by atoms with Crippen molar-refractivity contribution >= 4 is 23.1 Å². The van der Waals surface area contributed by atoms with Gasteiger partial charge in [0.05, 0.1) is 17.6 Å². The van der Waals surface area contributed by atoms with Gasteiger partial charge in [-0.3, -0.25) is 0 Å². The fourth-order valence-corrected chi connectivity index (χ4v) is 1.97. The summed E-state index contributed by atoms with van der Waals surface area (Å²) in [4.78, 5) is 3.29. The van der Waals surface area contributed by atoms with E-state index >= 15 is 0 Å². The van der Waals surface area contributed by atoms with Crippen molar-refractivity contribution in [3.05, 3.63) is 18.0 Å². The molecule has 1 aromatic heterocycles. The van der Waals surface area contributed by atoms with Crippen molar-refractivity contribution in [3.63, 3.8) is 0 Å². The first-order valence-electron chi connectivity index (χ1n) is 5.42. The lowest BCUT2D eigenvalue weighted by Crippen LogP contribution is -2.18. The monoisotopic (exact) mass is 279 g/mol. The first kappa shape index (κ1) is 14.9. The van der Waals surface area contributed by atoms with Crippen LogP contribution in [0.25, 0.3) is 0 Å². The van der Waals surface area contributed by atoms with Crippen LogP contribution in [0.4, 0.5) is 24.5 Å². The Morgan fingerprint density at radius 1 is 1.50 bits per heavy atom. The second-order valence-corrected chi connectivity index (χ2v) is 4.97. The van der Waals surface area contributed by atoms with Crippen LogP contribution in [0.3, 0.4) is 0 Å². The molecule has 0 bridgehead atoms. The highest BCUT2D eigenvalue weighted by atomic mass is 32.2. The van der Waals surface area contributed by atoms with Crippen molar-refractivity contribution in [1.29, 1.82) is 0 Å². The number of nitrogens with zero attached hydrogens (tertiary/aromatic N) is 1. The van der Waals surface area contributed by atoms with E-state index in [0.717, 1.165) is 24.4 Å². The van der Waals surface area contributed by atoms with Gasteiger partial charge in [0.25, 0.3) is 0 Å². The van der Waals surface area contributed by atoms with Crippen molar-refractivity contribution in [2.24, 2.45) is 0 Å². The molecule has 18 heavy (non-hydrogen) atoms. The maximum atomic E-state index is 12.5. The van der Waals surface area contributed by atoms with Crippen molar-refractivity contribution < 1.29 is 13.2 Å². The molecule has 102 valence electrons. The minimum absolute atomic E-state index is 0.0585. The first-order chi connectivity index (χ1) is 8.34. The van der Waals surface area contributed by atoms with Gasteiger partial charge in [-0.2, -0.15) is 24.9 Å². The molecule has 7 heteroatoms. The van der Waals surface area contributed by atoms with Crippen molar-refractivity contribution in [1.82, 2.24) is 4.98 Å². The SMILES string of the molecule is CSCCC(C)Nc1cc(C(F)(F)F)ncc1N. The van der Waals surface area contributed by atoms with Gasteiger partial charge in [0.2, 0.25) is 0 Å². The van der Waals surface area contributed by atoms with Gasteiger partial charge in [-0.1, -0.05) is 0 Å². The summed E-state index contributed by atoms with van der Waals surface area (Å²) >= 11 is 1.69. The molecular weight excluding hydrogens is 263 g/mol. The van der Waals surface area contributed by atoms with E-state index < -0.39 is 11.9 Å². The van der Waals surface area contributed by atoms with E-state index in [0.29, 0.717) is 0 Å². The predicted octanol–water partition coefficient (Wildman–Crippen LogP) is 3.24. The van der Waals surface area contributed by atoms with Crippen LogP contribution in [0.5, 0.6) is 0 Å². The maximum absolute atomic E-state index is 12.5. The predicted molar refractivity (Wildman–Crippen MR) is 69.7 cm³/mol. The summed E-state index contributed by atoms with van der Waals surface area (Å²) in [5.41, 5.74) is 5.18. The van der Waals surface area contributed by atoms with E-state index in [1.54, 1.807) is 11.8 Å². The zero-order chi connectivity index (χ0) is 13.8. The third kappa shape index (κ3) is 4.29. The number of nitrogens with two attached hydrogens (primary N) is 1. The normalized spacial score (nSPS) is 13.4. The molecule has 0 aliphatic heterocycles. The molecule has 1 aromatic rings. The fourth-order valence-electron chi connectivity index (χ4n) is 1.38. The van der Waals surface area contributed by atoms with Crippen LogP contribution in [0, 0.1) is 0 Å². The summed E-state index contributed by atoms with van der Waals surface area (Å²) in [5.74, 6) is 0.936. The molecule has 3 N–H and O–H groups in total. The molecule has 0 aliphatic rings. The Balaban J connectivity index is 2.81. The third-order valence-corrected chi connectivity index (χ3v) is 3.03. The molecular formula is C11H16F3N3S. The number of nitrogen functional groups attached to an aromatic ring is 1. The molecule has 1 unspecified atom stereocenters. The van der Waals surface area contributed by atoms with Crippen LogP contribution in [0.15, 0.2) is 12.3 Å². The summed E-state index contributed by atoms with van der Waals surface area (Å²) in [6.45, 7) is 1.91. The van der Waals surface area contributed by atoms with Gasteiger partial charge >= 0.3 is 6.18 Å². The van der Waals surface area contributed by atoms with E-state index in [9.17, 15) is 13.2 Å². The maximum Gasteiger partial charge on any atom is 0.433 e. The Morgan fingerprint density at radius 3 is 2.72 bits per heavy atom. The van der Waals surface area contributed by atoms with Crippen LogP contribution < -0.4 is 11.1 Å². The van der Waals surface area contributed by atoms with Crippen LogP contribution in [-0.4, -0.2) is 23.0 Å². The first-order valence-corrected chi connectivity index (χ1v) is 6.82. The molecule has 0 saturated carbocycles. The average Bonchev–Trinajstić information content (AvgIpc) is 2.28. The smallest absolute Gasteiger partial charge is 0.396 e. The summed E-state index contributed by atoms with van der Waals surface area (Å²) in [6.07, 6.45) is -0.585. The van der Waals surface area contributed by atoms with Crippen molar-refractivity contribution in [2.45, 2.75) is 25.6 Å². The van der Waals surface area contributed by atoms with Gasteiger partial charge in [0.1, 0.15) is 5.69 Å². The van der Waals surface area contributed by atoms with E-state index in [1.807, 2.05) is 13.2 Å². The number of hydrogen-bond acceptors (Lipinski definition) is 4. The van der Waals surface area contributed by atoms with Gasteiger partial charge in [-0.25, -0.2) is 4.98 Å². The zero-order valence-corrected chi connectivity index (χ0v) is 11.0. The van der Waals surface area contributed by atoms with E-state index in [1.165, 1.54) is 0 Å². The quantitative estimate of drug-likeness (QED) is 0.868. The number of thioether (sulfide) groups is 1. The molecule has 0 saturated heterocycles. The minimum Gasteiger partial charge on any atom is -0.396 e. The van der Waals surface area contributed by atoms with E-state index in [4.69, 9.17) is 5.73 Å². The molecule has 0 amide bonds. The highest BCUT2D eigenvalue weighted by Gasteiger charge is 2.33. The van der Waals surface area contributed by atoms with Crippen LogP contribution >= 0.6 is 11.8 Å². The fraction of sp³-hybridized carbons (Fsp3) is 0.545.